The third kappa shape index (κ3) is 4.33. The molecule has 2 heterocycles. The van der Waals surface area contributed by atoms with Crippen molar-refractivity contribution in [1.29, 1.82) is 0 Å². The fourth-order valence-corrected chi connectivity index (χ4v) is 5.30. The Kier molecular flexibility index (Phi) is 5.79. The predicted octanol–water partition coefficient (Wildman–Crippen LogP) is 4.24. The highest BCUT2D eigenvalue weighted by Crippen LogP contribution is 2.27. The van der Waals surface area contributed by atoms with Crippen LogP contribution in [0.3, 0.4) is 0 Å². The number of carbonyl (C=O) groups excluding carboxylic acids is 1. The molecule has 160 valence electrons. The molecular weight excluding hydrogens is 432 g/mol. The Balaban J connectivity index is 1.61. The lowest BCUT2D eigenvalue weighted by molar-refractivity contribution is 0.0953. The molecule has 0 saturated heterocycles. The molecule has 4 rings (SSSR count). The van der Waals surface area contributed by atoms with Gasteiger partial charge in [0.1, 0.15) is 10.0 Å². The summed E-state index contributed by atoms with van der Waals surface area (Å²) in [7, 11) is -1.71. The first-order valence-electron chi connectivity index (χ1n) is 9.80. The van der Waals surface area contributed by atoms with Crippen molar-refractivity contribution in [1.82, 2.24) is 14.9 Å². The maximum Gasteiger partial charge on any atom is 0.271 e. The second-order valence-corrected chi connectivity index (χ2v) is 9.93. The van der Waals surface area contributed by atoms with E-state index in [1.54, 1.807) is 41.8 Å². The van der Waals surface area contributed by atoms with Gasteiger partial charge >= 0.3 is 0 Å². The molecule has 0 saturated carbocycles. The molecule has 0 aliphatic heterocycles. The van der Waals surface area contributed by atoms with Gasteiger partial charge in [-0.1, -0.05) is 25.1 Å². The van der Waals surface area contributed by atoms with Crippen molar-refractivity contribution < 1.29 is 13.2 Å². The zero-order valence-electron chi connectivity index (χ0n) is 17.1. The van der Waals surface area contributed by atoms with E-state index >= 15 is 0 Å². The van der Waals surface area contributed by atoms with Crippen molar-refractivity contribution in [2.45, 2.75) is 17.6 Å². The second kappa shape index (κ2) is 8.52. The highest BCUT2D eigenvalue weighted by atomic mass is 32.2. The van der Waals surface area contributed by atoms with Crippen LogP contribution < -0.4 is 10.0 Å². The molecule has 0 bridgehead atoms. The minimum Gasteiger partial charge on any atom is -0.352 e. The molecule has 2 aromatic carbocycles. The standard InChI is InChI=1S/C22H22N4O3S2/c1-3-12-23-22(27)16-8-6-15(7-9-16)21-24-18-14-17(10-11-19(18)26(21)2)25-31(28,29)20-5-4-13-30-20/h4-11,13-14,25H,3,12H2,1-2H3,(H,23,27). The highest BCUT2D eigenvalue weighted by Gasteiger charge is 2.17. The summed E-state index contributed by atoms with van der Waals surface area (Å²) in [6.07, 6.45) is 0.884. The predicted molar refractivity (Wildman–Crippen MR) is 124 cm³/mol. The summed E-state index contributed by atoms with van der Waals surface area (Å²) in [5.74, 6) is 0.634. The minimum absolute atomic E-state index is 0.0962. The third-order valence-corrected chi connectivity index (χ3v) is 7.61. The first-order valence-corrected chi connectivity index (χ1v) is 12.2. The maximum atomic E-state index is 12.5. The number of hydrogen-bond donors (Lipinski definition) is 2. The second-order valence-electron chi connectivity index (χ2n) is 7.07. The molecule has 9 heteroatoms. The molecule has 1 amide bonds. The van der Waals surface area contributed by atoms with E-state index in [1.807, 2.05) is 36.7 Å². The zero-order valence-corrected chi connectivity index (χ0v) is 18.8. The topological polar surface area (TPSA) is 93.1 Å². The van der Waals surface area contributed by atoms with E-state index in [1.165, 1.54) is 11.3 Å². The fourth-order valence-electron chi connectivity index (χ4n) is 3.25. The van der Waals surface area contributed by atoms with Crippen LogP contribution in [0.2, 0.25) is 0 Å². The van der Waals surface area contributed by atoms with Crippen LogP contribution in [-0.4, -0.2) is 30.4 Å². The summed E-state index contributed by atoms with van der Waals surface area (Å²) in [5.41, 5.74) is 3.47. The zero-order chi connectivity index (χ0) is 22.0. The summed E-state index contributed by atoms with van der Waals surface area (Å²) in [4.78, 5) is 16.8. The highest BCUT2D eigenvalue weighted by molar-refractivity contribution is 7.94. The van der Waals surface area contributed by atoms with Crippen LogP contribution in [0, 0.1) is 0 Å². The van der Waals surface area contributed by atoms with Crippen molar-refractivity contribution in [3.05, 3.63) is 65.5 Å². The molecule has 31 heavy (non-hydrogen) atoms. The number of hydrogen-bond acceptors (Lipinski definition) is 5. The Bertz CT molecular complexity index is 1330. The molecule has 4 aromatic rings. The van der Waals surface area contributed by atoms with Gasteiger partial charge in [0.05, 0.1) is 16.7 Å². The molecule has 0 spiro atoms. The number of amides is 1. The van der Waals surface area contributed by atoms with E-state index in [2.05, 4.69) is 10.0 Å². The number of rotatable bonds is 7. The molecule has 0 aliphatic rings. The van der Waals surface area contributed by atoms with Crippen LogP contribution in [-0.2, 0) is 17.1 Å². The van der Waals surface area contributed by atoms with Crippen molar-refractivity contribution in [2.75, 3.05) is 11.3 Å². The number of imidazole rings is 1. The average molecular weight is 455 g/mol. The van der Waals surface area contributed by atoms with Crippen LogP contribution >= 0.6 is 11.3 Å². The Morgan fingerprint density at radius 1 is 1.13 bits per heavy atom. The molecular formula is C22H22N4O3S2. The summed E-state index contributed by atoms with van der Waals surface area (Å²) < 4.78 is 29.8. The summed E-state index contributed by atoms with van der Waals surface area (Å²) >= 11 is 1.17. The number of sulfonamides is 1. The van der Waals surface area contributed by atoms with E-state index < -0.39 is 10.0 Å². The Morgan fingerprint density at radius 2 is 1.90 bits per heavy atom. The minimum atomic E-state index is -3.62. The average Bonchev–Trinajstić information content (AvgIpc) is 3.41. The van der Waals surface area contributed by atoms with Crippen LogP contribution in [0.1, 0.15) is 23.7 Å². The number of aryl methyl sites for hydroxylation is 1. The van der Waals surface area contributed by atoms with Gasteiger partial charge in [-0.3, -0.25) is 9.52 Å². The van der Waals surface area contributed by atoms with Crippen molar-refractivity contribution in [3.8, 4) is 11.4 Å². The van der Waals surface area contributed by atoms with Gasteiger partial charge in [0.25, 0.3) is 15.9 Å². The van der Waals surface area contributed by atoms with Gasteiger partial charge in [0.15, 0.2) is 0 Å². The largest absolute Gasteiger partial charge is 0.352 e. The molecule has 0 fully saturated rings. The van der Waals surface area contributed by atoms with Crippen LogP contribution in [0.15, 0.2) is 64.2 Å². The van der Waals surface area contributed by atoms with Crippen LogP contribution in [0.5, 0.6) is 0 Å². The number of nitrogens with one attached hydrogen (secondary N) is 2. The van der Waals surface area contributed by atoms with Gasteiger partial charge in [0.2, 0.25) is 0 Å². The molecule has 2 N–H and O–H groups in total. The van der Waals surface area contributed by atoms with E-state index in [0.717, 1.165) is 23.3 Å². The lowest BCUT2D eigenvalue weighted by Crippen LogP contribution is -2.23. The smallest absolute Gasteiger partial charge is 0.271 e. The summed E-state index contributed by atoms with van der Waals surface area (Å²) in [5, 5.41) is 4.58. The lowest BCUT2D eigenvalue weighted by Gasteiger charge is -2.06. The van der Waals surface area contributed by atoms with E-state index in [4.69, 9.17) is 4.98 Å². The normalized spacial score (nSPS) is 11.5. The summed E-state index contributed by atoms with van der Waals surface area (Å²) in [6, 6.07) is 15.8. The van der Waals surface area contributed by atoms with Crippen molar-refractivity contribution in [3.63, 3.8) is 0 Å². The number of thiophene rings is 1. The number of aromatic nitrogens is 2. The van der Waals surface area contributed by atoms with Gasteiger partial charge in [0, 0.05) is 24.7 Å². The van der Waals surface area contributed by atoms with Crippen molar-refractivity contribution >= 4 is 44.0 Å². The third-order valence-electron chi connectivity index (χ3n) is 4.83. The molecule has 0 radical (unpaired) electrons. The quantitative estimate of drug-likeness (QED) is 0.437. The van der Waals surface area contributed by atoms with Gasteiger partial charge in [-0.15, -0.1) is 11.3 Å². The van der Waals surface area contributed by atoms with Gasteiger partial charge in [-0.25, -0.2) is 13.4 Å². The molecule has 0 atom stereocenters. The van der Waals surface area contributed by atoms with Crippen molar-refractivity contribution in [2.24, 2.45) is 7.05 Å². The first kappa shape index (κ1) is 21.1. The van der Waals surface area contributed by atoms with E-state index in [-0.39, 0.29) is 10.1 Å². The first-order chi connectivity index (χ1) is 14.9. The van der Waals surface area contributed by atoms with Gasteiger partial charge < -0.3 is 9.88 Å². The van der Waals surface area contributed by atoms with Gasteiger partial charge in [-0.2, -0.15) is 0 Å². The molecule has 0 unspecified atom stereocenters. The lowest BCUT2D eigenvalue weighted by atomic mass is 10.1. The Morgan fingerprint density at radius 3 is 2.58 bits per heavy atom. The number of fused-ring (bicyclic) bond motifs is 1. The van der Waals surface area contributed by atoms with Crippen LogP contribution in [0.4, 0.5) is 5.69 Å². The fraction of sp³-hybridized carbons (Fsp3) is 0.182. The molecule has 0 aliphatic carbocycles. The van der Waals surface area contributed by atoms with Crippen LogP contribution in [0.25, 0.3) is 22.4 Å². The number of carbonyl (C=O) groups is 1. The van der Waals surface area contributed by atoms with E-state index in [9.17, 15) is 13.2 Å². The Labute approximate surface area is 184 Å². The SMILES string of the molecule is CCCNC(=O)c1ccc(-c2nc3cc(NS(=O)(=O)c4cccs4)ccc3n2C)cc1. The summed E-state index contributed by atoms with van der Waals surface area (Å²) in [6.45, 7) is 2.65. The number of nitrogens with zero attached hydrogens (tertiary/aromatic N) is 2. The molecule has 2 aromatic heterocycles. The molecule has 7 nitrogen and oxygen atoms in total. The van der Waals surface area contributed by atoms with Gasteiger partial charge in [-0.05, 0) is 48.2 Å². The number of benzene rings is 2. The monoisotopic (exact) mass is 454 g/mol. The Hall–Kier alpha value is -3.17. The maximum absolute atomic E-state index is 12.5. The number of anilines is 1. The van der Waals surface area contributed by atoms with E-state index in [0.29, 0.717) is 23.3 Å².